The van der Waals surface area contributed by atoms with Gasteiger partial charge in [0.25, 0.3) is 0 Å². The van der Waals surface area contributed by atoms with Crippen molar-refractivity contribution in [3.05, 3.63) is 0 Å². The second kappa shape index (κ2) is 3.49. The molecule has 98 valence electrons. The summed E-state index contributed by atoms with van der Waals surface area (Å²) >= 11 is 0. The highest BCUT2D eigenvalue weighted by Crippen LogP contribution is 2.67. The van der Waals surface area contributed by atoms with E-state index in [0.717, 1.165) is 6.42 Å². The van der Waals surface area contributed by atoms with E-state index in [9.17, 15) is 4.79 Å². The van der Waals surface area contributed by atoms with Crippen LogP contribution in [0.3, 0.4) is 0 Å². The van der Waals surface area contributed by atoms with Gasteiger partial charge in [-0.25, -0.2) is 0 Å². The van der Waals surface area contributed by atoms with Crippen LogP contribution in [0.4, 0.5) is 0 Å². The van der Waals surface area contributed by atoms with Gasteiger partial charge in [-0.05, 0) is 56.8 Å². The van der Waals surface area contributed by atoms with Crippen molar-refractivity contribution in [2.45, 2.75) is 66.3 Å². The summed E-state index contributed by atoms with van der Waals surface area (Å²) in [5.41, 5.74) is 0.592. The minimum absolute atomic E-state index is 0.107. The Bertz CT molecular complexity index is 337. The highest BCUT2D eigenvalue weighted by molar-refractivity contribution is 5.80. The summed E-state index contributed by atoms with van der Waals surface area (Å²) in [7, 11) is 0. The van der Waals surface area contributed by atoms with Gasteiger partial charge in [0.2, 0.25) is 5.91 Å². The molecule has 2 nitrogen and oxygen atoms in total. The zero-order valence-corrected chi connectivity index (χ0v) is 12.2. The van der Waals surface area contributed by atoms with Crippen LogP contribution < -0.4 is 5.32 Å². The van der Waals surface area contributed by atoms with Gasteiger partial charge in [-0.3, -0.25) is 4.79 Å². The summed E-state index contributed by atoms with van der Waals surface area (Å²) in [6, 6.07) is 0. The van der Waals surface area contributed by atoms with Crippen molar-refractivity contribution < 1.29 is 4.79 Å². The normalized spacial score (nSPS) is 39.4. The molecule has 0 saturated heterocycles. The number of hydrogen-bond acceptors (Lipinski definition) is 1. The lowest BCUT2D eigenvalue weighted by Gasteiger charge is -2.34. The Morgan fingerprint density at radius 1 is 1.24 bits per heavy atom. The van der Waals surface area contributed by atoms with E-state index in [-0.39, 0.29) is 17.4 Å². The van der Waals surface area contributed by atoms with E-state index in [1.807, 2.05) is 0 Å². The average Bonchev–Trinajstić information content (AvgIpc) is 2.45. The lowest BCUT2D eigenvalue weighted by molar-refractivity contribution is -0.128. The summed E-state index contributed by atoms with van der Waals surface area (Å²) in [4.78, 5) is 12.4. The summed E-state index contributed by atoms with van der Waals surface area (Å²) < 4.78 is 0. The molecule has 2 aliphatic rings. The van der Waals surface area contributed by atoms with E-state index in [1.165, 1.54) is 12.8 Å². The number of hydrogen-bond donors (Lipinski definition) is 1. The molecule has 0 spiro atoms. The lowest BCUT2D eigenvalue weighted by atomic mass is 9.71. The van der Waals surface area contributed by atoms with Crippen LogP contribution in [0.25, 0.3) is 0 Å². The number of carbonyl (C=O) groups is 1. The maximum atomic E-state index is 12.4. The van der Waals surface area contributed by atoms with Crippen LogP contribution in [-0.4, -0.2) is 11.4 Å². The fraction of sp³-hybridized carbons (Fsp3) is 0.933. The Morgan fingerprint density at radius 3 is 2.18 bits per heavy atom. The summed E-state index contributed by atoms with van der Waals surface area (Å²) in [5.74, 6) is 1.09. The quantitative estimate of drug-likeness (QED) is 0.744. The third kappa shape index (κ3) is 1.90. The predicted octanol–water partition coefficient (Wildman–Crippen LogP) is 3.36. The van der Waals surface area contributed by atoms with Gasteiger partial charge in [0.1, 0.15) is 0 Å². The molecule has 0 heterocycles. The molecule has 2 fully saturated rings. The van der Waals surface area contributed by atoms with Gasteiger partial charge in [0, 0.05) is 11.5 Å². The van der Waals surface area contributed by atoms with Gasteiger partial charge in [-0.15, -0.1) is 0 Å². The van der Waals surface area contributed by atoms with E-state index in [4.69, 9.17) is 0 Å². The molecule has 2 heteroatoms. The number of carbonyl (C=O) groups excluding carboxylic acids is 1. The summed E-state index contributed by atoms with van der Waals surface area (Å²) in [5, 5.41) is 3.16. The fourth-order valence-corrected chi connectivity index (χ4v) is 4.04. The van der Waals surface area contributed by atoms with Gasteiger partial charge in [-0.1, -0.05) is 20.8 Å². The molecule has 3 atom stereocenters. The molecule has 0 aromatic heterocycles. The molecular formula is C15H27NO. The molecule has 2 saturated carbocycles. The van der Waals surface area contributed by atoms with Gasteiger partial charge >= 0.3 is 0 Å². The SMILES string of the molecule is CC(C)(C)NC(=O)[C@H]1C[C@]2(C)CC[C@H]1C2(C)C. The van der Waals surface area contributed by atoms with Crippen LogP contribution in [0.1, 0.15) is 60.8 Å². The number of amides is 1. The van der Waals surface area contributed by atoms with Crippen LogP contribution in [0.2, 0.25) is 0 Å². The highest BCUT2D eigenvalue weighted by atomic mass is 16.2. The molecule has 0 aromatic rings. The monoisotopic (exact) mass is 237 g/mol. The Kier molecular flexibility index (Phi) is 2.65. The maximum Gasteiger partial charge on any atom is 0.223 e. The molecule has 2 bridgehead atoms. The minimum atomic E-state index is -0.107. The molecule has 1 N–H and O–H groups in total. The van der Waals surface area contributed by atoms with E-state index < -0.39 is 0 Å². The standard InChI is InChI=1S/C15H27NO/c1-13(2,3)16-12(17)10-9-15(6)8-7-11(10)14(15,4)5/h10-11H,7-9H2,1-6H3,(H,16,17)/t10-,11+,15-/m0/s1. The lowest BCUT2D eigenvalue weighted by Crippen LogP contribution is -2.45. The second-order valence-electron chi connectivity index (χ2n) is 7.98. The largest absolute Gasteiger partial charge is 0.351 e. The topological polar surface area (TPSA) is 29.1 Å². The van der Waals surface area contributed by atoms with Crippen molar-refractivity contribution in [1.29, 1.82) is 0 Å². The Hall–Kier alpha value is -0.530. The molecule has 2 aliphatic carbocycles. The van der Waals surface area contributed by atoms with E-state index >= 15 is 0 Å². The third-order valence-electron chi connectivity index (χ3n) is 5.48. The van der Waals surface area contributed by atoms with E-state index in [2.05, 4.69) is 46.9 Å². The van der Waals surface area contributed by atoms with E-state index in [0.29, 0.717) is 16.7 Å². The van der Waals surface area contributed by atoms with Gasteiger partial charge in [-0.2, -0.15) is 0 Å². The second-order valence-corrected chi connectivity index (χ2v) is 7.98. The molecular weight excluding hydrogens is 210 g/mol. The van der Waals surface area contributed by atoms with Crippen LogP contribution in [0.15, 0.2) is 0 Å². The number of nitrogens with one attached hydrogen (secondary N) is 1. The highest BCUT2D eigenvalue weighted by Gasteiger charge is 2.62. The smallest absolute Gasteiger partial charge is 0.223 e. The number of rotatable bonds is 1. The van der Waals surface area contributed by atoms with Crippen LogP contribution in [-0.2, 0) is 4.79 Å². The van der Waals surface area contributed by atoms with Crippen LogP contribution in [0.5, 0.6) is 0 Å². The fourth-order valence-electron chi connectivity index (χ4n) is 4.04. The molecule has 0 radical (unpaired) electrons. The molecule has 1 amide bonds. The first-order chi connectivity index (χ1) is 7.57. The Balaban J connectivity index is 2.15. The first-order valence-electron chi connectivity index (χ1n) is 6.89. The van der Waals surface area contributed by atoms with Crippen molar-refractivity contribution in [3.8, 4) is 0 Å². The molecule has 17 heavy (non-hydrogen) atoms. The van der Waals surface area contributed by atoms with Crippen LogP contribution >= 0.6 is 0 Å². The summed E-state index contributed by atoms with van der Waals surface area (Å²) in [6.07, 6.45) is 3.60. The zero-order chi connectivity index (χ0) is 13.1. The molecule has 2 rings (SSSR count). The Morgan fingerprint density at radius 2 is 1.82 bits per heavy atom. The first kappa shape index (κ1) is 12.9. The molecule has 0 aliphatic heterocycles. The zero-order valence-electron chi connectivity index (χ0n) is 12.2. The van der Waals surface area contributed by atoms with Gasteiger partial charge < -0.3 is 5.32 Å². The molecule has 0 unspecified atom stereocenters. The maximum absolute atomic E-state index is 12.4. The minimum Gasteiger partial charge on any atom is -0.351 e. The summed E-state index contributed by atoms with van der Waals surface area (Å²) in [6.45, 7) is 13.3. The van der Waals surface area contributed by atoms with Gasteiger partial charge in [0.05, 0.1) is 0 Å². The van der Waals surface area contributed by atoms with E-state index in [1.54, 1.807) is 0 Å². The van der Waals surface area contributed by atoms with Crippen LogP contribution in [0, 0.1) is 22.7 Å². The third-order valence-corrected chi connectivity index (χ3v) is 5.48. The van der Waals surface area contributed by atoms with Crippen molar-refractivity contribution >= 4 is 5.91 Å². The van der Waals surface area contributed by atoms with Crippen molar-refractivity contribution in [2.24, 2.45) is 22.7 Å². The average molecular weight is 237 g/mol. The van der Waals surface area contributed by atoms with Crippen molar-refractivity contribution in [2.75, 3.05) is 0 Å². The van der Waals surface area contributed by atoms with Crippen molar-refractivity contribution in [3.63, 3.8) is 0 Å². The van der Waals surface area contributed by atoms with Crippen molar-refractivity contribution in [1.82, 2.24) is 5.32 Å². The Labute approximate surface area is 106 Å². The number of fused-ring (bicyclic) bond motifs is 2. The predicted molar refractivity (Wildman–Crippen MR) is 70.6 cm³/mol. The first-order valence-corrected chi connectivity index (χ1v) is 6.89. The molecule has 0 aromatic carbocycles. The van der Waals surface area contributed by atoms with Gasteiger partial charge in [0.15, 0.2) is 0 Å².